The topological polar surface area (TPSA) is 114 Å². The van der Waals surface area contributed by atoms with Gasteiger partial charge in [0.1, 0.15) is 17.2 Å². The van der Waals surface area contributed by atoms with E-state index in [0.29, 0.717) is 17.2 Å². The number of anilines is 1. The summed E-state index contributed by atoms with van der Waals surface area (Å²) in [7, 11) is 1.56. The Kier molecular flexibility index (Phi) is 8.85. The molecule has 2 aromatic heterocycles. The normalized spacial score (nSPS) is 19.3. The van der Waals surface area contributed by atoms with Crippen LogP contribution in [-0.2, 0) is 9.53 Å². The van der Waals surface area contributed by atoms with Crippen molar-refractivity contribution in [2.45, 2.75) is 50.6 Å². The molecule has 0 spiro atoms. The summed E-state index contributed by atoms with van der Waals surface area (Å²) >= 11 is 1.55. The van der Waals surface area contributed by atoms with Gasteiger partial charge in [-0.25, -0.2) is 4.98 Å². The number of carbonyl (C=O) groups excluding carboxylic acids is 2. The van der Waals surface area contributed by atoms with Crippen LogP contribution in [0.1, 0.15) is 49.0 Å². The number of aromatic nitrogens is 2. The Labute approximate surface area is 208 Å². The molecule has 1 saturated heterocycles. The molecule has 0 radical (unpaired) electrons. The molecule has 0 bridgehead atoms. The van der Waals surface area contributed by atoms with Crippen LogP contribution < -0.4 is 20.7 Å². The second-order valence-electron chi connectivity index (χ2n) is 8.45. The van der Waals surface area contributed by atoms with E-state index in [1.807, 2.05) is 18.2 Å². The average Bonchev–Trinajstić information content (AvgIpc) is 3.58. The second-order valence-corrected chi connectivity index (χ2v) is 9.48. The number of rotatable bonds is 7. The largest absolute Gasteiger partial charge is 0.457 e. The molecule has 10 heteroatoms. The molecule has 5 rings (SSSR count). The lowest BCUT2D eigenvalue weighted by Crippen LogP contribution is -2.45. The van der Waals surface area contributed by atoms with Crippen LogP contribution in [0.2, 0.25) is 0 Å². The van der Waals surface area contributed by atoms with Gasteiger partial charge in [-0.05, 0) is 43.9 Å². The fraction of sp³-hybridized carbons (Fsp3) is 0.440. The number of nitrogens with zero attached hydrogens (tertiary/aromatic N) is 2. The Morgan fingerprint density at radius 3 is 2.57 bits per heavy atom. The number of carbonyl (C=O) groups is 2. The van der Waals surface area contributed by atoms with E-state index in [9.17, 15) is 9.59 Å². The van der Waals surface area contributed by atoms with Crippen molar-refractivity contribution in [1.29, 1.82) is 0 Å². The minimum atomic E-state index is -0.265. The Balaban J connectivity index is 0.000000514. The molecule has 2 unspecified atom stereocenters. The van der Waals surface area contributed by atoms with Crippen LogP contribution in [0.15, 0.2) is 36.5 Å². The molecule has 1 saturated carbocycles. The maximum Gasteiger partial charge on any atom is 0.269 e. The molecule has 2 aliphatic rings. The summed E-state index contributed by atoms with van der Waals surface area (Å²) in [4.78, 5) is 31.4. The van der Waals surface area contributed by atoms with E-state index < -0.39 is 0 Å². The highest BCUT2D eigenvalue weighted by atomic mass is 32.1. The third-order valence-electron chi connectivity index (χ3n) is 5.97. The van der Waals surface area contributed by atoms with Crippen molar-refractivity contribution in [3.05, 3.63) is 42.2 Å². The van der Waals surface area contributed by atoms with E-state index >= 15 is 0 Å². The molecule has 2 fully saturated rings. The van der Waals surface area contributed by atoms with E-state index in [1.54, 1.807) is 36.7 Å². The van der Waals surface area contributed by atoms with Gasteiger partial charge < -0.3 is 25.4 Å². The van der Waals surface area contributed by atoms with Gasteiger partial charge in [-0.15, -0.1) is 0 Å². The van der Waals surface area contributed by atoms with Crippen LogP contribution >= 0.6 is 11.3 Å². The first kappa shape index (κ1) is 24.9. The van der Waals surface area contributed by atoms with E-state index in [2.05, 4.69) is 25.9 Å². The van der Waals surface area contributed by atoms with Gasteiger partial charge in [-0.1, -0.05) is 24.2 Å². The standard InChI is InChI=1S/C21H23N5O3S.C4H8O/c1-22-20(28)18-10-14(8-9-23-18)29-13-6-7-17-19(11-13)30-21(26-17)25-16-5-3-2-4-15(16)24-12-27;1-2-4-5-3-1/h6-12,15-16H,2-5H2,1H3,(H,22,28)(H,24,27)(H,25,26);1-4H2. The van der Waals surface area contributed by atoms with E-state index in [4.69, 9.17) is 9.47 Å². The summed E-state index contributed by atoms with van der Waals surface area (Å²) in [6.07, 6.45) is 9.12. The summed E-state index contributed by atoms with van der Waals surface area (Å²) in [6, 6.07) is 9.31. The number of hydrogen-bond acceptors (Lipinski definition) is 8. The number of hydrogen-bond donors (Lipinski definition) is 3. The Hall–Kier alpha value is -3.24. The average molecular weight is 498 g/mol. The number of amides is 2. The van der Waals surface area contributed by atoms with Gasteiger partial charge in [0.15, 0.2) is 5.13 Å². The van der Waals surface area contributed by atoms with Crippen LogP contribution in [0, 0.1) is 0 Å². The van der Waals surface area contributed by atoms with Crippen molar-refractivity contribution in [3.63, 3.8) is 0 Å². The van der Waals surface area contributed by atoms with Crippen molar-refractivity contribution in [2.75, 3.05) is 25.6 Å². The lowest BCUT2D eigenvalue weighted by molar-refractivity contribution is -0.110. The fourth-order valence-corrected chi connectivity index (χ4v) is 5.11. The third-order valence-corrected chi connectivity index (χ3v) is 6.92. The minimum absolute atomic E-state index is 0.128. The van der Waals surface area contributed by atoms with Gasteiger partial charge >= 0.3 is 0 Å². The van der Waals surface area contributed by atoms with Gasteiger partial charge in [-0.3, -0.25) is 14.6 Å². The van der Waals surface area contributed by atoms with Crippen LogP contribution in [0.3, 0.4) is 0 Å². The molecule has 35 heavy (non-hydrogen) atoms. The molecule has 9 nitrogen and oxygen atoms in total. The van der Waals surface area contributed by atoms with E-state index in [0.717, 1.165) is 60.7 Å². The number of fused-ring (bicyclic) bond motifs is 1. The van der Waals surface area contributed by atoms with Crippen molar-refractivity contribution < 1.29 is 19.1 Å². The lowest BCUT2D eigenvalue weighted by atomic mass is 9.90. The van der Waals surface area contributed by atoms with Crippen molar-refractivity contribution >= 4 is 39.0 Å². The minimum Gasteiger partial charge on any atom is -0.457 e. The summed E-state index contributed by atoms with van der Waals surface area (Å²) in [5.41, 5.74) is 1.18. The molecular weight excluding hydrogens is 466 g/mol. The monoisotopic (exact) mass is 497 g/mol. The van der Waals surface area contributed by atoms with E-state index in [1.165, 1.54) is 12.8 Å². The smallest absolute Gasteiger partial charge is 0.269 e. The van der Waals surface area contributed by atoms with Gasteiger partial charge in [0.25, 0.3) is 5.91 Å². The number of benzene rings is 1. The first-order chi connectivity index (χ1) is 17.2. The van der Waals surface area contributed by atoms with Crippen LogP contribution in [0.4, 0.5) is 5.13 Å². The first-order valence-corrected chi connectivity index (χ1v) is 12.8. The zero-order chi connectivity index (χ0) is 24.5. The molecule has 186 valence electrons. The Morgan fingerprint density at radius 2 is 1.86 bits per heavy atom. The molecule has 2 amide bonds. The quantitative estimate of drug-likeness (QED) is 0.421. The highest BCUT2D eigenvalue weighted by Gasteiger charge is 2.25. The Morgan fingerprint density at radius 1 is 1.09 bits per heavy atom. The molecule has 1 aliphatic carbocycles. The number of nitrogens with one attached hydrogen (secondary N) is 3. The predicted octanol–water partition coefficient (Wildman–Crippen LogP) is 4.11. The molecular formula is C25H31N5O4S. The van der Waals surface area contributed by atoms with Crippen LogP contribution in [0.5, 0.6) is 11.5 Å². The lowest BCUT2D eigenvalue weighted by Gasteiger charge is -2.31. The molecule has 3 heterocycles. The maximum absolute atomic E-state index is 11.8. The number of pyridine rings is 1. The fourth-order valence-electron chi connectivity index (χ4n) is 4.15. The third kappa shape index (κ3) is 6.89. The summed E-state index contributed by atoms with van der Waals surface area (Å²) in [6.45, 7) is 2.00. The van der Waals surface area contributed by atoms with Crippen LogP contribution in [-0.4, -0.2) is 54.6 Å². The van der Waals surface area contributed by atoms with Crippen LogP contribution in [0.25, 0.3) is 10.2 Å². The SMILES string of the molecule is C1CCOC1.CNC(=O)c1cc(Oc2ccc3nc(NC4CCCCC4NC=O)sc3c2)ccn1. The van der Waals surface area contributed by atoms with Gasteiger partial charge in [0.2, 0.25) is 6.41 Å². The van der Waals surface area contributed by atoms with Gasteiger partial charge in [-0.2, -0.15) is 0 Å². The molecule has 2 atom stereocenters. The number of thiazole rings is 1. The molecule has 1 aromatic carbocycles. The van der Waals surface area contributed by atoms with E-state index in [-0.39, 0.29) is 18.0 Å². The summed E-state index contributed by atoms with van der Waals surface area (Å²) < 4.78 is 11.9. The highest BCUT2D eigenvalue weighted by Crippen LogP contribution is 2.33. The summed E-state index contributed by atoms with van der Waals surface area (Å²) in [5.74, 6) is 0.930. The molecule has 3 N–H and O–H groups in total. The zero-order valence-electron chi connectivity index (χ0n) is 19.8. The van der Waals surface area contributed by atoms with Crippen molar-refractivity contribution in [3.8, 4) is 11.5 Å². The second kappa shape index (κ2) is 12.5. The molecule has 3 aromatic rings. The predicted molar refractivity (Wildman–Crippen MR) is 136 cm³/mol. The maximum atomic E-state index is 11.8. The van der Waals surface area contributed by atoms with Crippen molar-refractivity contribution in [2.24, 2.45) is 0 Å². The van der Waals surface area contributed by atoms with Gasteiger partial charge in [0.05, 0.1) is 10.2 Å². The van der Waals surface area contributed by atoms with Gasteiger partial charge in [0, 0.05) is 50.7 Å². The molecule has 1 aliphatic heterocycles. The van der Waals surface area contributed by atoms with Crippen molar-refractivity contribution in [1.82, 2.24) is 20.6 Å². The zero-order valence-corrected chi connectivity index (χ0v) is 20.6. The Bertz CT molecular complexity index is 1130. The highest BCUT2D eigenvalue weighted by molar-refractivity contribution is 7.22. The summed E-state index contributed by atoms with van der Waals surface area (Å²) in [5, 5.41) is 9.80. The first-order valence-electron chi connectivity index (χ1n) is 12.0. The number of ether oxygens (including phenoxy) is 2.